The van der Waals surface area contributed by atoms with Gasteiger partial charge in [-0.25, -0.2) is 4.79 Å². The third-order valence-electron chi connectivity index (χ3n) is 5.25. The third-order valence-corrected chi connectivity index (χ3v) is 5.25. The van der Waals surface area contributed by atoms with Crippen molar-refractivity contribution in [3.05, 3.63) is 24.3 Å². The Labute approximate surface area is 152 Å². The van der Waals surface area contributed by atoms with Gasteiger partial charge in [0.1, 0.15) is 0 Å². The van der Waals surface area contributed by atoms with E-state index in [1.165, 1.54) is 37.3 Å². The molecule has 0 unspecified atom stereocenters. The molecule has 2 fully saturated rings. The fourth-order valence-electron chi connectivity index (χ4n) is 3.60. The number of nitrogens with one attached hydrogen (secondary N) is 1. The van der Waals surface area contributed by atoms with E-state index >= 15 is 0 Å². The second kappa shape index (κ2) is 8.45. The molecule has 0 spiro atoms. The molecule has 0 atom stereocenters. The first-order valence-corrected chi connectivity index (χ1v) is 9.76. The Bertz CT molecular complexity index is 543. The van der Waals surface area contributed by atoms with Crippen molar-refractivity contribution in [3.63, 3.8) is 0 Å². The molecule has 0 bridgehead atoms. The van der Waals surface area contributed by atoms with Crippen LogP contribution in [-0.2, 0) is 0 Å². The first-order chi connectivity index (χ1) is 12.1. The van der Waals surface area contributed by atoms with Crippen molar-refractivity contribution in [2.75, 3.05) is 55.6 Å². The van der Waals surface area contributed by atoms with Gasteiger partial charge >= 0.3 is 6.03 Å². The Morgan fingerprint density at radius 2 is 1.44 bits per heavy atom. The number of rotatable bonds is 5. The maximum atomic E-state index is 12.2. The van der Waals surface area contributed by atoms with Gasteiger partial charge in [0.15, 0.2) is 0 Å². The summed E-state index contributed by atoms with van der Waals surface area (Å²) in [6, 6.07) is 9.03. The Morgan fingerprint density at radius 3 is 1.96 bits per heavy atom. The predicted octanol–water partition coefficient (Wildman–Crippen LogP) is 3.16. The van der Waals surface area contributed by atoms with Crippen molar-refractivity contribution in [3.8, 4) is 0 Å². The molecule has 0 saturated carbocycles. The number of amides is 2. The summed E-state index contributed by atoms with van der Waals surface area (Å²) in [4.78, 5) is 19.0. The molecule has 2 aliphatic heterocycles. The Morgan fingerprint density at radius 1 is 0.920 bits per heavy atom. The summed E-state index contributed by atoms with van der Waals surface area (Å²) in [5.74, 6) is 0.626. The number of carbonyl (C=O) groups is 1. The van der Waals surface area contributed by atoms with Crippen LogP contribution in [-0.4, -0.2) is 56.7 Å². The molecule has 2 aliphatic rings. The lowest BCUT2D eigenvalue weighted by molar-refractivity contribution is 0.194. The van der Waals surface area contributed by atoms with Crippen LogP contribution in [0.5, 0.6) is 0 Å². The zero-order valence-electron chi connectivity index (χ0n) is 15.7. The van der Waals surface area contributed by atoms with Gasteiger partial charge in [-0.15, -0.1) is 0 Å². The number of carbonyl (C=O) groups excluding carboxylic acids is 1. The lowest BCUT2D eigenvalue weighted by Crippen LogP contribution is -2.52. The maximum absolute atomic E-state index is 12.2. The zero-order chi connectivity index (χ0) is 17.6. The van der Waals surface area contributed by atoms with Crippen LogP contribution >= 0.6 is 0 Å². The van der Waals surface area contributed by atoms with Crippen molar-refractivity contribution in [1.82, 2.24) is 10.2 Å². The van der Waals surface area contributed by atoms with Crippen LogP contribution in [0.25, 0.3) is 0 Å². The minimum absolute atomic E-state index is 0.0877. The lowest BCUT2D eigenvalue weighted by Gasteiger charge is -2.36. The summed E-state index contributed by atoms with van der Waals surface area (Å²) in [7, 11) is 0. The predicted molar refractivity (Wildman–Crippen MR) is 105 cm³/mol. The zero-order valence-corrected chi connectivity index (χ0v) is 15.7. The largest absolute Gasteiger partial charge is 0.372 e. The van der Waals surface area contributed by atoms with Crippen LogP contribution in [0.15, 0.2) is 24.3 Å². The van der Waals surface area contributed by atoms with E-state index in [-0.39, 0.29) is 6.03 Å². The van der Waals surface area contributed by atoms with Crippen LogP contribution in [0.3, 0.4) is 0 Å². The fourth-order valence-corrected chi connectivity index (χ4v) is 3.60. The maximum Gasteiger partial charge on any atom is 0.317 e. The van der Waals surface area contributed by atoms with Gasteiger partial charge in [-0.1, -0.05) is 13.8 Å². The Balaban J connectivity index is 1.46. The minimum atomic E-state index is 0.0877. The summed E-state index contributed by atoms with van der Waals surface area (Å²) < 4.78 is 0. The Hall–Kier alpha value is -1.91. The first-order valence-electron chi connectivity index (χ1n) is 9.76. The standard InChI is InChI=1S/C20H32N4O/c1-17(2)9-10-21-20(25)24-15-13-23(14-16-24)19-7-5-18(6-8-19)22-11-3-4-12-22/h5-8,17H,3-4,9-16H2,1-2H3,(H,21,25). The van der Waals surface area contributed by atoms with Crippen LogP contribution < -0.4 is 15.1 Å². The molecule has 5 nitrogen and oxygen atoms in total. The summed E-state index contributed by atoms with van der Waals surface area (Å²) in [5.41, 5.74) is 2.60. The average Bonchev–Trinajstić information content (AvgIpc) is 3.16. The molecule has 0 aliphatic carbocycles. The van der Waals surface area contributed by atoms with Crippen molar-refractivity contribution in [1.29, 1.82) is 0 Å². The number of hydrogen-bond donors (Lipinski definition) is 1. The fraction of sp³-hybridized carbons (Fsp3) is 0.650. The number of benzene rings is 1. The molecule has 138 valence electrons. The summed E-state index contributed by atoms with van der Waals surface area (Å²) in [6.07, 6.45) is 3.65. The highest BCUT2D eigenvalue weighted by molar-refractivity contribution is 5.74. The summed E-state index contributed by atoms with van der Waals surface area (Å²) in [6.45, 7) is 10.9. The molecular formula is C20H32N4O. The van der Waals surface area contributed by atoms with Gasteiger partial charge in [-0.05, 0) is 49.4 Å². The van der Waals surface area contributed by atoms with Gasteiger partial charge in [-0.3, -0.25) is 0 Å². The highest BCUT2D eigenvalue weighted by atomic mass is 16.2. The lowest BCUT2D eigenvalue weighted by atomic mass is 10.1. The van der Waals surface area contributed by atoms with E-state index in [1.54, 1.807) is 0 Å². The SMILES string of the molecule is CC(C)CCNC(=O)N1CCN(c2ccc(N3CCCC3)cc2)CC1. The topological polar surface area (TPSA) is 38.8 Å². The van der Waals surface area contributed by atoms with Gasteiger partial charge in [0.2, 0.25) is 0 Å². The van der Waals surface area contributed by atoms with Crippen LogP contribution in [0.2, 0.25) is 0 Å². The molecule has 5 heteroatoms. The summed E-state index contributed by atoms with van der Waals surface area (Å²) in [5, 5.41) is 3.04. The van der Waals surface area contributed by atoms with Crippen LogP contribution in [0.1, 0.15) is 33.1 Å². The number of urea groups is 1. The second-order valence-electron chi connectivity index (χ2n) is 7.60. The summed E-state index contributed by atoms with van der Waals surface area (Å²) >= 11 is 0. The number of anilines is 2. The van der Waals surface area contributed by atoms with E-state index in [9.17, 15) is 4.79 Å². The van der Waals surface area contributed by atoms with E-state index < -0.39 is 0 Å². The molecule has 0 radical (unpaired) electrons. The molecule has 1 aromatic rings. The number of nitrogens with zero attached hydrogens (tertiary/aromatic N) is 3. The molecule has 25 heavy (non-hydrogen) atoms. The molecule has 1 N–H and O–H groups in total. The van der Waals surface area contributed by atoms with Crippen molar-refractivity contribution >= 4 is 17.4 Å². The number of piperazine rings is 1. The van der Waals surface area contributed by atoms with Gasteiger partial charge in [0.05, 0.1) is 0 Å². The van der Waals surface area contributed by atoms with E-state index in [0.29, 0.717) is 5.92 Å². The number of hydrogen-bond acceptors (Lipinski definition) is 3. The van der Waals surface area contributed by atoms with E-state index in [2.05, 4.69) is 53.2 Å². The van der Waals surface area contributed by atoms with Gasteiger partial charge in [0, 0.05) is 57.2 Å². The van der Waals surface area contributed by atoms with E-state index in [1.807, 2.05) is 4.90 Å². The van der Waals surface area contributed by atoms with E-state index in [0.717, 1.165) is 39.1 Å². The monoisotopic (exact) mass is 344 g/mol. The minimum Gasteiger partial charge on any atom is -0.372 e. The molecule has 1 aromatic carbocycles. The highest BCUT2D eigenvalue weighted by Crippen LogP contribution is 2.24. The van der Waals surface area contributed by atoms with Crippen LogP contribution in [0, 0.1) is 5.92 Å². The van der Waals surface area contributed by atoms with Crippen LogP contribution in [0.4, 0.5) is 16.2 Å². The van der Waals surface area contributed by atoms with Crippen molar-refractivity contribution in [2.45, 2.75) is 33.1 Å². The third kappa shape index (κ3) is 4.80. The molecular weight excluding hydrogens is 312 g/mol. The van der Waals surface area contributed by atoms with E-state index in [4.69, 9.17) is 0 Å². The molecule has 2 amide bonds. The van der Waals surface area contributed by atoms with Gasteiger partial charge in [0.25, 0.3) is 0 Å². The van der Waals surface area contributed by atoms with Gasteiger partial charge < -0.3 is 20.0 Å². The second-order valence-corrected chi connectivity index (χ2v) is 7.60. The van der Waals surface area contributed by atoms with Gasteiger partial charge in [-0.2, -0.15) is 0 Å². The quantitative estimate of drug-likeness (QED) is 0.892. The first kappa shape index (κ1) is 17.9. The highest BCUT2D eigenvalue weighted by Gasteiger charge is 2.21. The molecule has 3 rings (SSSR count). The smallest absolute Gasteiger partial charge is 0.317 e. The Kier molecular flexibility index (Phi) is 6.05. The normalized spacial score (nSPS) is 18.1. The van der Waals surface area contributed by atoms with Crippen molar-refractivity contribution in [2.24, 2.45) is 5.92 Å². The van der Waals surface area contributed by atoms with Crippen molar-refractivity contribution < 1.29 is 4.79 Å². The molecule has 0 aromatic heterocycles. The average molecular weight is 345 g/mol. The molecule has 2 saturated heterocycles. The molecule has 2 heterocycles.